The smallest absolute Gasteiger partial charge is 0.245 e. The molecule has 1 saturated carbocycles. The first-order valence-electron chi connectivity index (χ1n) is 8.17. The Bertz CT molecular complexity index is 421. The Kier molecular flexibility index (Phi) is 4.03. The van der Waals surface area contributed by atoms with Gasteiger partial charge in [0.25, 0.3) is 0 Å². The van der Waals surface area contributed by atoms with E-state index < -0.39 is 0 Å². The molecule has 1 aliphatic heterocycles. The standard InChI is InChI=1S/C18H32N2O/c1-8-14(21)20-12-17(5)15(18(17,6)13-20)19(7)11-9-10-16(2,3)4/h8,15H,1,9-13H2,2-7H3/t15-,17-,18+. The Hall–Kier alpha value is -0.830. The van der Waals surface area contributed by atoms with Gasteiger partial charge in [-0.3, -0.25) is 4.79 Å². The maximum absolute atomic E-state index is 11.8. The van der Waals surface area contributed by atoms with E-state index in [0.717, 1.165) is 19.6 Å². The second kappa shape index (κ2) is 5.12. The summed E-state index contributed by atoms with van der Waals surface area (Å²) in [6.45, 7) is 18.1. The van der Waals surface area contributed by atoms with Gasteiger partial charge in [0.05, 0.1) is 0 Å². The van der Waals surface area contributed by atoms with Crippen LogP contribution in [0.3, 0.4) is 0 Å². The molecule has 0 aromatic carbocycles. The second-order valence-electron chi connectivity index (χ2n) is 8.78. The van der Waals surface area contributed by atoms with Gasteiger partial charge in [-0.2, -0.15) is 0 Å². The maximum Gasteiger partial charge on any atom is 0.245 e. The molecule has 0 aromatic rings. The molecule has 1 amide bonds. The van der Waals surface area contributed by atoms with E-state index in [1.54, 1.807) is 0 Å². The number of piperidine rings is 1. The summed E-state index contributed by atoms with van der Waals surface area (Å²) >= 11 is 0. The fourth-order valence-electron chi connectivity index (χ4n) is 4.55. The molecule has 2 fully saturated rings. The van der Waals surface area contributed by atoms with Crippen molar-refractivity contribution in [2.45, 2.75) is 53.5 Å². The van der Waals surface area contributed by atoms with Crippen LogP contribution in [0.2, 0.25) is 0 Å². The van der Waals surface area contributed by atoms with Crippen LogP contribution in [-0.4, -0.2) is 48.4 Å². The van der Waals surface area contributed by atoms with E-state index in [9.17, 15) is 4.79 Å². The lowest BCUT2D eigenvalue weighted by atomic mass is 9.90. The lowest BCUT2D eigenvalue weighted by Gasteiger charge is -2.28. The molecule has 1 heterocycles. The first kappa shape index (κ1) is 16.5. The van der Waals surface area contributed by atoms with Crippen LogP contribution < -0.4 is 0 Å². The van der Waals surface area contributed by atoms with E-state index in [1.807, 2.05) is 4.90 Å². The highest BCUT2D eigenvalue weighted by Crippen LogP contribution is 2.69. The van der Waals surface area contributed by atoms with Gasteiger partial charge in [0, 0.05) is 30.0 Å². The van der Waals surface area contributed by atoms with Crippen LogP contribution >= 0.6 is 0 Å². The van der Waals surface area contributed by atoms with E-state index in [4.69, 9.17) is 0 Å². The summed E-state index contributed by atoms with van der Waals surface area (Å²) in [7, 11) is 2.25. The van der Waals surface area contributed by atoms with Gasteiger partial charge in [-0.15, -0.1) is 0 Å². The molecule has 0 bridgehead atoms. The molecule has 2 rings (SSSR count). The highest BCUT2D eigenvalue weighted by molar-refractivity contribution is 5.87. The molecule has 0 spiro atoms. The average Bonchev–Trinajstić information content (AvgIpc) is 2.67. The Labute approximate surface area is 130 Å². The van der Waals surface area contributed by atoms with Crippen LogP contribution in [0.4, 0.5) is 0 Å². The SMILES string of the molecule is C=CC(=O)N1C[C@@]2(C)[C@H](N(C)CCCC(C)(C)C)[C@@]2(C)C1. The van der Waals surface area contributed by atoms with Crippen molar-refractivity contribution in [2.24, 2.45) is 16.2 Å². The molecule has 1 aliphatic carbocycles. The first-order chi connectivity index (χ1) is 9.55. The molecule has 3 heteroatoms. The fraction of sp³-hybridized carbons (Fsp3) is 0.833. The minimum Gasteiger partial charge on any atom is -0.338 e. The molecule has 3 atom stereocenters. The molecule has 0 aromatic heterocycles. The molecule has 2 aliphatic rings. The largest absolute Gasteiger partial charge is 0.338 e. The third kappa shape index (κ3) is 2.77. The number of carbonyl (C=O) groups is 1. The van der Waals surface area contributed by atoms with Gasteiger partial charge in [-0.1, -0.05) is 41.2 Å². The first-order valence-corrected chi connectivity index (χ1v) is 8.17. The van der Waals surface area contributed by atoms with Gasteiger partial charge >= 0.3 is 0 Å². The van der Waals surface area contributed by atoms with Crippen molar-refractivity contribution < 1.29 is 4.79 Å². The van der Waals surface area contributed by atoms with E-state index in [-0.39, 0.29) is 16.7 Å². The minimum absolute atomic E-state index is 0.0822. The molecule has 0 N–H and O–H groups in total. The molecular formula is C18H32N2O. The molecule has 1 saturated heterocycles. The third-order valence-electron chi connectivity index (χ3n) is 5.83. The Morgan fingerprint density at radius 1 is 1.33 bits per heavy atom. The third-order valence-corrected chi connectivity index (χ3v) is 5.83. The number of nitrogens with zero attached hydrogens (tertiary/aromatic N) is 2. The van der Waals surface area contributed by atoms with Crippen molar-refractivity contribution in [3.8, 4) is 0 Å². The number of hydrogen-bond acceptors (Lipinski definition) is 2. The van der Waals surface area contributed by atoms with E-state index in [1.165, 1.54) is 18.9 Å². The summed E-state index contributed by atoms with van der Waals surface area (Å²) in [4.78, 5) is 16.3. The fourth-order valence-corrected chi connectivity index (χ4v) is 4.55. The lowest BCUT2D eigenvalue weighted by molar-refractivity contribution is -0.126. The summed E-state index contributed by atoms with van der Waals surface area (Å²) in [5, 5.41) is 0. The number of fused-ring (bicyclic) bond motifs is 1. The van der Waals surface area contributed by atoms with Gasteiger partial charge in [0.15, 0.2) is 0 Å². The van der Waals surface area contributed by atoms with Crippen LogP contribution in [0.15, 0.2) is 12.7 Å². The molecule has 21 heavy (non-hydrogen) atoms. The Balaban J connectivity index is 1.90. The number of carbonyl (C=O) groups excluding carboxylic acids is 1. The highest BCUT2D eigenvalue weighted by atomic mass is 16.2. The molecule has 0 radical (unpaired) electrons. The normalized spacial score (nSPS) is 35.0. The lowest BCUT2D eigenvalue weighted by Crippen LogP contribution is -2.39. The Morgan fingerprint density at radius 3 is 2.29 bits per heavy atom. The monoisotopic (exact) mass is 292 g/mol. The van der Waals surface area contributed by atoms with Gasteiger partial charge < -0.3 is 9.80 Å². The zero-order valence-corrected chi connectivity index (χ0v) is 14.7. The second-order valence-corrected chi connectivity index (χ2v) is 8.78. The van der Waals surface area contributed by atoms with Crippen molar-refractivity contribution in [2.75, 3.05) is 26.7 Å². The molecule has 120 valence electrons. The highest BCUT2D eigenvalue weighted by Gasteiger charge is 2.76. The van der Waals surface area contributed by atoms with Crippen LogP contribution in [0, 0.1) is 16.2 Å². The minimum atomic E-state index is 0.0822. The predicted molar refractivity (Wildman–Crippen MR) is 88.1 cm³/mol. The van der Waals surface area contributed by atoms with Crippen LogP contribution in [0.5, 0.6) is 0 Å². The van der Waals surface area contributed by atoms with Gasteiger partial charge in [-0.25, -0.2) is 0 Å². The van der Waals surface area contributed by atoms with Crippen molar-refractivity contribution in [3.05, 3.63) is 12.7 Å². The summed E-state index contributed by atoms with van der Waals surface area (Å²) in [6.07, 6.45) is 3.95. The number of hydrogen-bond donors (Lipinski definition) is 0. The number of likely N-dealkylation sites (tertiary alicyclic amines) is 1. The van der Waals surface area contributed by atoms with Crippen molar-refractivity contribution in [1.82, 2.24) is 9.80 Å². The summed E-state index contributed by atoms with van der Waals surface area (Å²) in [6, 6.07) is 0.610. The zero-order chi connectivity index (χ0) is 16.1. The van der Waals surface area contributed by atoms with E-state index in [0.29, 0.717) is 11.5 Å². The Morgan fingerprint density at radius 2 is 1.86 bits per heavy atom. The van der Waals surface area contributed by atoms with Gasteiger partial charge in [0.1, 0.15) is 0 Å². The van der Waals surface area contributed by atoms with Gasteiger partial charge in [0.2, 0.25) is 5.91 Å². The summed E-state index contributed by atoms with van der Waals surface area (Å²) < 4.78 is 0. The van der Waals surface area contributed by atoms with Crippen molar-refractivity contribution in [1.29, 1.82) is 0 Å². The van der Waals surface area contributed by atoms with E-state index in [2.05, 4.69) is 53.1 Å². The molecule has 0 unspecified atom stereocenters. The zero-order valence-electron chi connectivity index (χ0n) is 14.7. The molecular weight excluding hydrogens is 260 g/mol. The molecule has 3 nitrogen and oxygen atoms in total. The van der Waals surface area contributed by atoms with Crippen LogP contribution in [0.25, 0.3) is 0 Å². The maximum atomic E-state index is 11.8. The van der Waals surface area contributed by atoms with Crippen LogP contribution in [0.1, 0.15) is 47.5 Å². The number of amides is 1. The number of rotatable bonds is 5. The van der Waals surface area contributed by atoms with Crippen LogP contribution in [-0.2, 0) is 4.79 Å². The summed E-state index contributed by atoms with van der Waals surface area (Å²) in [5.74, 6) is 0.0822. The quantitative estimate of drug-likeness (QED) is 0.727. The average molecular weight is 292 g/mol. The predicted octanol–water partition coefficient (Wildman–Crippen LogP) is 3.17. The van der Waals surface area contributed by atoms with Gasteiger partial charge in [-0.05, 0) is 37.9 Å². The van der Waals surface area contributed by atoms with Crippen molar-refractivity contribution in [3.63, 3.8) is 0 Å². The van der Waals surface area contributed by atoms with Crippen molar-refractivity contribution >= 4 is 5.91 Å². The topological polar surface area (TPSA) is 23.6 Å². The van der Waals surface area contributed by atoms with E-state index >= 15 is 0 Å². The summed E-state index contributed by atoms with van der Waals surface area (Å²) in [5.41, 5.74) is 0.922.